The molecule has 4 unspecified atom stereocenters. The van der Waals surface area contributed by atoms with Crippen LogP contribution in [0.3, 0.4) is 0 Å². The minimum absolute atomic E-state index is 0.775. The van der Waals surface area contributed by atoms with Gasteiger partial charge in [0.15, 0.2) is 0 Å². The van der Waals surface area contributed by atoms with E-state index in [9.17, 15) is 0 Å². The van der Waals surface area contributed by atoms with Gasteiger partial charge in [0, 0.05) is 18.3 Å². The molecule has 2 aliphatic carbocycles. The average Bonchev–Trinajstić information content (AvgIpc) is 2.64. The van der Waals surface area contributed by atoms with Gasteiger partial charge >= 0.3 is 0 Å². The van der Waals surface area contributed by atoms with Gasteiger partial charge in [0.25, 0.3) is 0 Å². The van der Waals surface area contributed by atoms with E-state index in [-0.39, 0.29) is 0 Å². The lowest BCUT2D eigenvalue weighted by molar-refractivity contribution is 0.0641. The molecule has 0 amide bonds. The first-order valence-corrected chi connectivity index (χ1v) is 12.8. The largest absolute Gasteiger partial charge is 0.367 e. The standard InChI is InChI=1S/C25H47NS/c1-9-22-15-24(27-21(8)26(10-2)11-3)14-18(5)25(22)16-23-13-12-17(4)19(6)20(23)7/h17-20,22-25H,8-16H2,1-7H3/t17-,18?,19-,20?,22?,23-,24?,25-/m0/s1. The van der Waals surface area contributed by atoms with Crippen molar-refractivity contribution in [1.82, 2.24) is 4.90 Å². The lowest BCUT2D eigenvalue weighted by atomic mass is 9.62. The molecule has 158 valence electrons. The molecule has 0 aromatic rings. The van der Waals surface area contributed by atoms with Crippen LogP contribution in [0, 0.1) is 41.4 Å². The van der Waals surface area contributed by atoms with Gasteiger partial charge in [-0.15, -0.1) is 11.8 Å². The molecule has 0 N–H and O–H groups in total. The van der Waals surface area contributed by atoms with E-state index in [0.29, 0.717) is 0 Å². The van der Waals surface area contributed by atoms with Crippen LogP contribution < -0.4 is 0 Å². The summed E-state index contributed by atoms with van der Waals surface area (Å²) in [6, 6.07) is 0. The highest BCUT2D eigenvalue weighted by atomic mass is 32.2. The van der Waals surface area contributed by atoms with Gasteiger partial charge in [-0.25, -0.2) is 0 Å². The summed E-state index contributed by atoms with van der Waals surface area (Å²) in [5.41, 5.74) is 0. The van der Waals surface area contributed by atoms with Crippen molar-refractivity contribution in [2.75, 3.05) is 13.1 Å². The van der Waals surface area contributed by atoms with Crippen LogP contribution in [0.5, 0.6) is 0 Å². The van der Waals surface area contributed by atoms with Crippen LogP contribution in [0.1, 0.15) is 87.0 Å². The zero-order valence-corrected chi connectivity index (χ0v) is 20.2. The summed E-state index contributed by atoms with van der Waals surface area (Å²) in [5, 5.41) is 2.08. The summed E-state index contributed by atoms with van der Waals surface area (Å²) in [7, 11) is 0. The summed E-state index contributed by atoms with van der Waals surface area (Å²) in [5.74, 6) is 6.43. The zero-order valence-electron chi connectivity index (χ0n) is 19.3. The molecule has 0 radical (unpaired) electrons. The maximum absolute atomic E-state index is 4.39. The summed E-state index contributed by atoms with van der Waals surface area (Å²) >= 11 is 2.08. The predicted octanol–water partition coefficient (Wildman–Crippen LogP) is 7.68. The maximum Gasteiger partial charge on any atom is 0.0636 e. The van der Waals surface area contributed by atoms with Crippen molar-refractivity contribution < 1.29 is 0 Å². The zero-order chi connectivity index (χ0) is 20.1. The summed E-state index contributed by atoms with van der Waals surface area (Å²) < 4.78 is 0. The van der Waals surface area contributed by atoms with E-state index in [4.69, 9.17) is 0 Å². The van der Waals surface area contributed by atoms with Gasteiger partial charge < -0.3 is 4.90 Å². The molecule has 27 heavy (non-hydrogen) atoms. The quantitative estimate of drug-likeness (QED) is 0.416. The van der Waals surface area contributed by atoms with Gasteiger partial charge in [0.05, 0.1) is 5.03 Å². The SMILES string of the molecule is C=C(SC1CC(C)[C@H](C[C@@H]2CC[C@H](C)[C@H](C)C2C)C(CC)C1)N(CC)CC. The number of rotatable bonds is 8. The average molecular weight is 394 g/mol. The highest BCUT2D eigenvalue weighted by Crippen LogP contribution is 2.49. The Morgan fingerprint density at radius 3 is 2.15 bits per heavy atom. The third-order valence-corrected chi connectivity index (χ3v) is 9.77. The second kappa shape index (κ2) is 10.6. The van der Waals surface area contributed by atoms with Gasteiger partial charge in [-0.1, -0.05) is 54.0 Å². The first-order valence-electron chi connectivity index (χ1n) is 11.9. The first kappa shape index (κ1) is 23.2. The van der Waals surface area contributed by atoms with E-state index in [1.807, 2.05) is 0 Å². The fourth-order valence-electron chi connectivity index (χ4n) is 6.13. The van der Waals surface area contributed by atoms with Crippen LogP contribution in [0.4, 0.5) is 0 Å². The maximum atomic E-state index is 4.39. The highest BCUT2D eigenvalue weighted by Gasteiger charge is 2.39. The number of thioether (sulfide) groups is 1. The van der Waals surface area contributed by atoms with Gasteiger partial charge in [-0.3, -0.25) is 0 Å². The minimum atomic E-state index is 0.775. The first-order chi connectivity index (χ1) is 12.8. The van der Waals surface area contributed by atoms with Gasteiger partial charge in [-0.05, 0) is 81.0 Å². The van der Waals surface area contributed by atoms with Crippen molar-refractivity contribution in [3.05, 3.63) is 11.6 Å². The molecule has 2 aliphatic rings. The fraction of sp³-hybridized carbons (Fsp3) is 0.920. The van der Waals surface area contributed by atoms with E-state index in [1.165, 1.54) is 43.6 Å². The Bertz CT molecular complexity index is 457. The molecular formula is C25H47NS. The number of nitrogens with zero attached hydrogens (tertiary/aromatic N) is 1. The Morgan fingerprint density at radius 2 is 1.56 bits per heavy atom. The molecule has 0 aromatic heterocycles. The monoisotopic (exact) mass is 393 g/mol. The lowest BCUT2D eigenvalue weighted by Crippen LogP contribution is -2.37. The van der Waals surface area contributed by atoms with E-state index < -0.39 is 0 Å². The highest BCUT2D eigenvalue weighted by molar-refractivity contribution is 8.03. The minimum Gasteiger partial charge on any atom is -0.367 e. The molecule has 8 atom stereocenters. The molecule has 2 rings (SSSR count). The predicted molar refractivity (Wildman–Crippen MR) is 124 cm³/mol. The molecule has 0 saturated heterocycles. The van der Waals surface area contributed by atoms with Crippen LogP contribution >= 0.6 is 11.8 Å². The molecule has 0 bridgehead atoms. The van der Waals surface area contributed by atoms with Crippen LogP contribution in [-0.2, 0) is 0 Å². The normalized spacial score (nSPS) is 40.0. The Kier molecular flexibility index (Phi) is 9.10. The topological polar surface area (TPSA) is 3.24 Å². The third-order valence-electron chi connectivity index (χ3n) is 8.52. The molecule has 0 aromatic carbocycles. The van der Waals surface area contributed by atoms with E-state index in [1.54, 1.807) is 0 Å². The van der Waals surface area contributed by atoms with Gasteiger partial charge in [-0.2, -0.15) is 0 Å². The molecule has 0 heterocycles. The van der Waals surface area contributed by atoms with E-state index in [0.717, 1.165) is 59.8 Å². The van der Waals surface area contributed by atoms with Gasteiger partial charge in [0.1, 0.15) is 0 Å². The van der Waals surface area contributed by atoms with E-state index >= 15 is 0 Å². The van der Waals surface area contributed by atoms with Crippen LogP contribution in [0.25, 0.3) is 0 Å². The van der Waals surface area contributed by atoms with Gasteiger partial charge in [0.2, 0.25) is 0 Å². The van der Waals surface area contributed by atoms with Crippen molar-refractivity contribution in [2.24, 2.45) is 41.4 Å². The third kappa shape index (κ3) is 5.71. The molecule has 2 heteroatoms. The van der Waals surface area contributed by atoms with Crippen LogP contribution in [0.15, 0.2) is 11.6 Å². The Morgan fingerprint density at radius 1 is 0.889 bits per heavy atom. The van der Waals surface area contributed by atoms with Crippen LogP contribution in [0.2, 0.25) is 0 Å². The molecular weight excluding hydrogens is 346 g/mol. The van der Waals surface area contributed by atoms with Crippen molar-refractivity contribution in [3.8, 4) is 0 Å². The lowest BCUT2D eigenvalue weighted by Gasteiger charge is -2.46. The second-order valence-corrected chi connectivity index (χ2v) is 11.2. The Labute approximate surface area is 175 Å². The van der Waals surface area contributed by atoms with Crippen LogP contribution in [-0.4, -0.2) is 23.2 Å². The van der Waals surface area contributed by atoms with E-state index in [2.05, 4.69) is 71.7 Å². The molecule has 2 fully saturated rings. The van der Waals surface area contributed by atoms with Crippen molar-refractivity contribution >= 4 is 11.8 Å². The molecule has 1 nitrogen and oxygen atoms in total. The summed E-state index contributed by atoms with van der Waals surface area (Å²) in [6.45, 7) is 23.6. The molecule has 2 saturated carbocycles. The number of hydrogen-bond acceptors (Lipinski definition) is 2. The van der Waals surface area contributed by atoms with Crippen molar-refractivity contribution in [1.29, 1.82) is 0 Å². The molecule has 0 spiro atoms. The molecule has 0 aliphatic heterocycles. The Balaban J connectivity index is 1.97. The number of hydrogen-bond donors (Lipinski definition) is 0. The second-order valence-electron chi connectivity index (χ2n) is 9.86. The fourth-order valence-corrected chi connectivity index (χ4v) is 7.66. The smallest absolute Gasteiger partial charge is 0.0636 e. The van der Waals surface area contributed by atoms with Crippen molar-refractivity contribution in [2.45, 2.75) is 92.2 Å². The summed E-state index contributed by atoms with van der Waals surface area (Å²) in [4.78, 5) is 2.43. The summed E-state index contributed by atoms with van der Waals surface area (Å²) in [6.07, 6.45) is 8.57. The van der Waals surface area contributed by atoms with Crippen molar-refractivity contribution in [3.63, 3.8) is 0 Å². The Hall–Kier alpha value is -0.110.